The number of rotatable bonds is 4. The van der Waals surface area contributed by atoms with E-state index in [4.69, 9.17) is 0 Å². The number of piperidine rings is 1. The Hall–Kier alpha value is -0.430. The summed E-state index contributed by atoms with van der Waals surface area (Å²) in [6.45, 7) is 5.08. The summed E-state index contributed by atoms with van der Waals surface area (Å²) in [6.07, 6.45) is 1.75. The average Bonchev–Trinajstić information content (AvgIpc) is 2.39. The van der Waals surface area contributed by atoms with Crippen molar-refractivity contribution in [2.45, 2.75) is 30.7 Å². The molecule has 0 atom stereocenters. The lowest BCUT2D eigenvalue weighted by Crippen LogP contribution is -2.44. The van der Waals surface area contributed by atoms with Crippen LogP contribution in [0.2, 0.25) is 0 Å². The fourth-order valence-corrected chi connectivity index (χ4v) is 4.19. The van der Waals surface area contributed by atoms with Crippen molar-refractivity contribution in [2.75, 3.05) is 19.6 Å². The first-order chi connectivity index (χ1) is 9.01. The van der Waals surface area contributed by atoms with Crippen LogP contribution in [0.3, 0.4) is 0 Å². The van der Waals surface area contributed by atoms with Gasteiger partial charge in [-0.15, -0.1) is 0 Å². The lowest BCUT2D eigenvalue weighted by Gasteiger charge is -2.31. The van der Waals surface area contributed by atoms with Gasteiger partial charge in [0, 0.05) is 10.5 Å². The third-order valence-electron chi connectivity index (χ3n) is 3.46. The van der Waals surface area contributed by atoms with Gasteiger partial charge in [0.25, 0.3) is 0 Å². The summed E-state index contributed by atoms with van der Waals surface area (Å²) in [5.41, 5.74) is 0. The number of sulfonamides is 1. The smallest absolute Gasteiger partial charge is 0.240 e. The molecule has 0 unspecified atom stereocenters. The Morgan fingerprint density at radius 3 is 2.63 bits per heavy atom. The molecule has 1 aliphatic heterocycles. The lowest BCUT2D eigenvalue weighted by atomic mass is 10.1. The highest BCUT2D eigenvalue weighted by Crippen LogP contribution is 2.18. The van der Waals surface area contributed by atoms with Gasteiger partial charge in [-0.1, -0.05) is 28.9 Å². The number of nitrogens with one attached hydrogen (secondary N) is 1. The van der Waals surface area contributed by atoms with E-state index in [0.29, 0.717) is 4.90 Å². The van der Waals surface area contributed by atoms with E-state index in [1.165, 1.54) is 0 Å². The van der Waals surface area contributed by atoms with Crippen LogP contribution in [0.4, 0.5) is 0 Å². The Morgan fingerprint density at radius 2 is 2.05 bits per heavy atom. The van der Waals surface area contributed by atoms with Gasteiger partial charge in [0.1, 0.15) is 0 Å². The maximum absolute atomic E-state index is 12.3. The van der Waals surface area contributed by atoms with Crippen molar-refractivity contribution in [2.24, 2.45) is 0 Å². The predicted molar refractivity (Wildman–Crippen MR) is 79.6 cm³/mol. The number of nitrogens with zero attached hydrogens (tertiary/aromatic N) is 1. The van der Waals surface area contributed by atoms with Gasteiger partial charge in [-0.2, -0.15) is 0 Å². The van der Waals surface area contributed by atoms with Crippen LogP contribution >= 0.6 is 15.9 Å². The minimum Gasteiger partial charge on any atom is -0.303 e. The summed E-state index contributed by atoms with van der Waals surface area (Å²) < 4.78 is 28.1. The second-order valence-electron chi connectivity index (χ2n) is 4.79. The maximum Gasteiger partial charge on any atom is 0.240 e. The van der Waals surface area contributed by atoms with E-state index in [9.17, 15) is 8.42 Å². The van der Waals surface area contributed by atoms with Crippen molar-refractivity contribution >= 4 is 26.0 Å². The SMILES string of the molecule is CCN1CCC(NS(=O)(=O)c2cccc(Br)c2)CC1. The summed E-state index contributed by atoms with van der Waals surface area (Å²) in [5, 5.41) is 0. The van der Waals surface area contributed by atoms with Crippen LogP contribution in [0.25, 0.3) is 0 Å². The summed E-state index contributed by atoms with van der Waals surface area (Å²) >= 11 is 3.30. The average molecular weight is 347 g/mol. The van der Waals surface area contributed by atoms with E-state index in [1.807, 2.05) is 6.07 Å². The molecule has 106 valence electrons. The molecule has 0 spiro atoms. The third kappa shape index (κ3) is 4.02. The number of halogens is 1. The third-order valence-corrected chi connectivity index (χ3v) is 5.47. The highest BCUT2D eigenvalue weighted by molar-refractivity contribution is 9.10. The molecular formula is C13H19BrN2O2S. The van der Waals surface area contributed by atoms with Gasteiger partial charge in [-0.05, 0) is 50.7 Å². The maximum atomic E-state index is 12.3. The molecule has 1 fully saturated rings. The van der Waals surface area contributed by atoms with Crippen LogP contribution in [0.5, 0.6) is 0 Å². The molecule has 1 aliphatic rings. The van der Waals surface area contributed by atoms with Gasteiger partial charge in [-0.3, -0.25) is 0 Å². The minimum atomic E-state index is -3.41. The predicted octanol–water partition coefficient (Wildman–Crippen LogP) is 2.21. The Labute approximate surface area is 123 Å². The summed E-state index contributed by atoms with van der Waals surface area (Å²) in [5.74, 6) is 0. The van der Waals surface area contributed by atoms with E-state index in [1.54, 1.807) is 18.2 Å². The number of benzene rings is 1. The molecule has 4 nitrogen and oxygen atoms in total. The van der Waals surface area contributed by atoms with Gasteiger partial charge in [0.2, 0.25) is 10.0 Å². The molecule has 1 heterocycles. The van der Waals surface area contributed by atoms with E-state index in [-0.39, 0.29) is 6.04 Å². The molecule has 0 bridgehead atoms. The van der Waals surface area contributed by atoms with Crippen molar-refractivity contribution in [3.8, 4) is 0 Å². The van der Waals surface area contributed by atoms with Crippen LogP contribution in [-0.2, 0) is 10.0 Å². The molecular weight excluding hydrogens is 328 g/mol. The summed E-state index contributed by atoms with van der Waals surface area (Å²) in [6, 6.07) is 6.85. The van der Waals surface area contributed by atoms with Gasteiger partial charge in [0.05, 0.1) is 4.90 Å². The van der Waals surface area contributed by atoms with Crippen molar-refractivity contribution in [3.63, 3.8) is 0 Å². The van der Waals surface area contributed by atoms with E-state index < -0.39 is 10.0 Å². The van der Waals surface area contributed by atoms with Gasteiger partial charge in [0.15, 0.2) is 0 Å². The summed E-state index contributed by atoms with van der Waals surface area (Å²) in [4.78, 5) is 2.66. The van der Waals surface area contributed by atoms with Crippen molar-refractivity contribution in [1.29, 1.82) is 0 Å². The zero-order valence-electron chi connectivity index (χ0n) is 11.0. The highest BCUT2D eigenvalue weighted by Gasteiger charge is 2.23. The van der Waals surface area contributed by atoms with Crippen LogP contribution in [0.15, 0.2) is 33.6 Å². The zero-order chi connectivity index (χ0) is 13.9. The van der Waals surface area contributed by atoms with E-state index in [2.05, 4.69) is 32.5 Å². The quantitative estimate of drug-likeness (QED) is 0.909. The Balaban J connectivity index is 2.02. The number of hydrogen-bond acceptors (Lipinski definition) is 3. The molecule has 19 heavy (non-hydrogen) atoms. The molecule has 1 aromatic carbocycles. The van der Waals surface area contributed by atoms with Crippen LogP contribution in [0.1, 0.15) is 19.8 Å². The normalized spacial score (nSPS) is 18.6. The second-order valence-corrected chi connectivity index (χ2v) is 7.42. The van der Waals surface area contributed by atoms with Crippen molar-refractivity contribution in [1.82, 2.24) is 9.62 Å². The monoisotopic (exact) mass is 346 g/mol. The summed E-state index contributed by atoms with van der Waals surface area (Å²) in [7, 11) is -3.41. The van der Waals surface area contributed by atoms with Crippen molar-refractivity contribution in [3.05, 3.63) is 28.7 Å². The van der Waals surface area contributed by atoms with Gasteiger partial charge >= 0.3 is 0 Å². The number of hydrogen-bond donors (Lipinski definition) is 1. The van der Waals surface area contributed by atoms with Crippen LogP contribution in [-0.4, -0.2) is 39.0 Å². The molecule has 6 heteroatoms. The first-order valence-electron chi connectivity index (χ1n) is 6.51. The van der Waals surface area contributed by atoms with Crippen LogP contribution < -0.4 is 4.72 Å². The highest BCUT2D eigenvalue weighted by atomic mass is 79.9. The zero-order valence-corrected chi connectivity index (χ0v) is 13.4. The van der Waals surface area contributed by atoms with E-state index in [0.717, 1.165) is 36.9 Å². The second kappa shape index (κ2) is 6.35. The molecule has 0 aliphatic carbocycles. The molecule has 0 radical (unpaired) electrons. The molecule has 0 amide bonds. The van der Waals surface area contributed by atoms with E-state index >= 15 is 0 Å². The minimum absolute atomic E-state index is 0.0479. The fraction of sp³-hybridized carbons (Fsp3) is 0.538. The number of likely N-dealkylation sites (tertiary alicyclic amines) is 1. The largest absolute Gasteiger partial charge is 0.303 e. The van der Waals surface area contributed by atoms with Crippen molar-refractivity contribution < 1.29 is 8.42 Å². The van der Waals surface area contributed by atoms with Crippen LogP contribution in [0, 0.1) is 0 Å². The molecule has 1 saturated heterocycles. The topological polar surface area (TPSA) is 49.4 Å². The standard InChI is InChI=1S/C13H19BrN2O2S/c1-2-16-8-6-12(7-9-16)15-19(17,18)13-5-3-4-11(14)10-13/h3-5,10,12,15H,2,6-9H2,1H3. The Kier molecular flexibility index (Phi) is 5.00. The Bertz CT molecular complexity index is 525. The first-order valence-corrected chi connectivity index (χ1v) is 8.79. The molecule has 2 rings (SSSR count). The first kappa shape index (κ1) is 15.0. The molecule has 0 aromatic heterocycles. The Morgan fingerprint density at radius 1 is 1.37 bits per heavy atom. The van der Waals surface area contributed by atoms with Gasteiger partial charge in [-0.25, -0.2) is 13.1 Å². The molecule has 1 N–H and O–H groups in total. The molecule has 1 aromatic rings. The fourth-order valence-electron chi connectivity index (χ4n) is 2.29. The molecule has 0 saturated carbocycles. The lowest BCUT2D eigenvalue weighted by molar-refractivity contribution is 0.217. The van der Waals surface area contributed by atoms with Gasteiger partial charge < -0.3 is 4.90 Å².